The molecular formula is C20H20N6O3. The number of hydrogen-bond acceptors (Lipinski definition) is 5. The Morgan fingerprint density at radius 2 is 1.93 bits per heavy atom. The molecule has 2 aliphatic rings. The molecule has 29 heavy (non-hydrogen) atoms. The summed E-state index contributed by atoms with van der Waals surface area (Å²) in [5.74, 6) is -0.173. The van der Waals surface area contributed by atoms with Crippen LogP contribution in [0.2, 0.25) is 0 Å². The van der Waals surface area contributed by atoms with Crippen molar-refractivity contribution in [2.45, 2.75) is 45.3 Å². The van der Waals surface area contributed by atoms with Crippen molar-refractivity contribution in [3.63, 3.8) is 0 Å². The summed E-state index contributed by atoms with van der Waals surface area (Å²) in [6.07, 6.45) is 2.57. The number of nitrogens with zero attached hydrogens (tertiary/aromatic N) is 6. The van der Waals surface area contributed by atoms with E-state index < -0.39 is 12.0 Å². The molecule has 9 nitrogen and oxygen atoms in total. The van der Waals surface area contributed by atoms with Gasteiger partial charge in [-0.15, -0.1) is 10.2 Å². The Labute approximate surface area is 166 Å². The Bertz CT molecular complexity index is 1120. The van der Waals surface area contributed by atoms with E-state index in [1.165, 1.54) is 4.90 Å². The second-order valence-electron chi connectivity index (χ2n) is 7.44. The molecule has 9 heteroatoms. The number of fused-ring (bicyclic) bond motifs is 2. The zero-order valence-corrected chi connectivity index (χ0v) is 15.9. The van der Waals surface area contributed by atoms with Crippen LogP contribution in [0.5, 0.6) is 0 Å². The molecule has 1 aromatic carbocycles. The van der Waals surface area contributed by atoms with Crippen molar-refractivity contribution in [2.24, 2.45) is 0 Å². The lowest BCUT2D eigenvalue weighted by Gasteiger charge is -2.33. The van der Waals surface area contributed by atoms with Crippen molar-refractivity contribution >= 4 is 11.9 Å². The number of carboxylic acids is 1. The second-order valence-corrected chi connectivity index (χ2v) is 7.44. The van der Waals surface area contributed by atoms with Crippen molar-refractivity contribution in [3.8, 4) is 5.69 Å². The standard InChI is InChI=1S/C20H20N6O3/c1-12-21-22-17-11-25(16(20(28)29)10-24(12)17)19(27)18-14-8-5-9-15(14)26(23-18)13-6-3-2-4-7-13/h2-4,6-7,16H,5,8-11H2,1H3,(H,28,29). The van der Waals surface area contributed by atoms with E-state index in [1.807, 2.05) is 35.0 Å². The van der Waals surface area contributed by atoms with Crippen LogP contribution in [0.15, 0.2) is 30.3 Å². The smallest absolute Gasteiger partial charge is 0.328 e. The first-order valence-corrected chi connectivity index (χ1v) is 9.63. The van der Waals surface area contributed by atoms with Gasteiger partial charge in [-0.05, 0) is 38.3 Å². The van der Waals surface area contributed by atoms with Gasteiger partial charge >= 0.3 is 5.97 Å². The molecule has 0 saturated heterocycles. The number of carboxylic acid groups (broad SMARTS) is 1. The molecule has 1 aliphatic carbocycles. The highest BCUT2D eigenvalue weighted by Gasteiger charge is 2.39. The van der Waals surface area contributed by atoms with Gasteiger partial charge in [0.15, 0.2) is 11.5 Å². The molecule has 2 aromatic heterocycles. The summed E-state index contributed by atoms with van der Waals surface area (Å²) in [6.45, 7) is 2.02. The molecule has 1 aliphatic heterocycles. The highest BCUT2D eigenvalue weighted by atomic mass is 16.4. The Hall–Kier alpha value is -3.49. The van der Waals surface area contributed by atoms with Crippen LogP contribution < -0.4 is 0 Å². The fraction of sp³-hybridized carbons (Fsp3) is 0.350. The first kappa shape index (κ1) is 17.6. The summed E-state index contributed by atoms with van der Waals surface area (Å²) < 4.78 is 3.58. The minimum atomic E-state index is -1.05. The van der Waals surface area contributed by atoms with Gasteiger partial charge in [-0.2, -0.15) is 5.10 Å². The highest BCUT2D eigenvalue weighted by Crippen LogP contribution is 2.30. The maximum absolute atomic E-state index is 13.5. The van der Waals surface area contributed by atoms with E-state index >= 15 is 0 Å². The summed E-state index contributed by atoms with van der Waals surface area (Å²) in [5.41, 5.74) is 3.19. The molecule has 1 unspecified atom stereocenters. The van der Waals surface area contributed by atoms with E-state index in [9.17, 15) is 14.7 Å². The topological polar surface area (TPSA) is 106 Å². The summed E-state index contributed by atoms with van der Waals surface area (Å²) in [6, 6.07) is 8.71. The molecule has 0 fully saturated rings. The Balaban J connectivity index is 1.56. The summed E-state index contributed by atoms with van der Waals surface area (Å²) in [4.78, 5) is 26.8. The Morgan fingerprint density at radius 3 is 2.69 bits per heavy atom. The van der Waals surface area contributed by atoms with E-state index in [2.05, 4.69) is 15.3 Å². The van der Waals surface area contributed by atoms with Crippen molar-refractivity contribution in [1.82, 2.24) is 29.4 Å². The molecule has 0 radical (unpaired) electrons. The molecule has 1 N–H and O–H groups in total. The van der Waals surface area contributed by atoms with Crippen LogP contribution in [0.4, 0.5) is 0 Å². The molecule has 3 heterocycles. The molecular weight excluding hydrogens is 372 g/mol. The van der Waals surface area contributed by atoms with Crippen LogP contribution in [0.25, 0.3) is 5.69 Å². The maximum Gasteiger partial charge on any atom is 0.328 e. The lowest BCUT2D eigenvalue weighted by Crippen LogP contribution is -2.51. The number of rotatable bonds is 3. The molecule has 148 valence electrons. The number of carbonyl (C=O) groups excluding carboxylic acids is 1. The average Bonchev–Trinajstić information content (AvgIpc) is 3.43. The third kappa shape index (κ3) is 2.72. The SMILES string of the molecule is Cc1nnc2n1CC(C(=O)O)N(C(=O)c1nn(-c3ccccc3)c3c1CCC3)C2. The number of benzene rings is 1. The number of para-hydroxylation sites is 1. The van der Waals surface area contributed by atoms with Gasteiger partial charge in [-0.3, -0.25) is 4.79 Å². The number of aryl methyl sites for hydroxylation is 1. The number of hydrogen-bond donors (Lipinski definition) is 1. The van der Waals surface area contributed by atoms with E-state index in [1.54, 1.807) is 11.5 Å². The van der Waals surface area contributed by atoms with Gasteiger partial charge in [0, 0.05) is 11.3 Å². The van der Waals surface area contributed by atoms with Gasteiger partial charge in [0.25, 0.3) is 5.91 Å². The predicted octanol–water partition coefficient (Wildman–Crippen LogP) is 1.37. The van der Waals surface area contributed by atoms with Gasteiger partial charge in [0.05, 0.1) is 18.8 Å². The second kappa shape index (κ2) is 6.54. The number of amides is 1. The minimum Gasteiger partial charge on any atom is -0.480 e. The zero-order chi connectivity index (χ0) is 20.1. The van der Waals surface area contributed by atoms with Crippen LogP contribution in [-0.2, 0) is 30.7 Å². The molecule has 5 rings (SSSR count). The van der Waals surface area contributed by atoms with Crippen molar-refractivity contribution < 1.29 is 14.7 Å². The fourth-order valence-corrected chi connectivity index (χ4v) is 4.27. The van der Waals surface area contributed by atoms with Crippen molar-refractivity contribution in [2.75, 3.05) is 0 Å². The minimum absolute atomic E-state index is 0.101. The van der Waals surface area contributed by atoms with Crippen molar-refractivity contribution in [1.29, 1.82) is 0 Å². The van der Waals surface area contributed by atoms with Gasteiger partial charge < -0.3 is 14.6 Å². The third-order valence-corrected chi connectivity index (χ3v) is 5.74. The molecule has 0 spiro atoms. The molecule has 0 saturated carbocycles. The van der Waals surface area contributed by atoms with Crippen LogP contribution in [-0.4, -0.2) is 52.5 Å². The highest BCUT2D eigenvalue weighted by molar-refractivity contribution is 5.96. The van der Waals surface area contributed by atoms with Gasteiger partial charge in [0.1, 0.15) is 11.9 Å². The normalized spacial score (nSPS) is 17.8. The van der Waals surface area contributed by atoms with E-state index in [-0.39, 0.29) is 19.0 Å². The predicted molar refractivity (Wildman–Crippen MR) is 102 cm³/mol. The average molecular weight is 392 g/mol. The largest absolute Gasteiger partial charge is 0.480 e. The van der Waals surface area contributed by atoms with Gasteiger partial charge in [0.2, 0.25) is 0 Å². The van der Waals surface area contributed by atoms with E-state index in [4.69, 9.17) is 0 Å². The maximum atomic E-state index is 13.5. The number of carbonyl (C=O) groups is 2. The zero-order valence-electron chi connectivity index (χ0n) is 15.9. The first-order chi connectivity index (χ1) is 14.0. The van der Waals surface area contributed by atoms with Crippen LogP contribution in [0.3, 0.4) is 0 Å². The van der Waals surface area contributed by atoms with E-state index in [0.29, 0.717) is 17.3 Å². The Kier molecular flexibility index (Phi) is 3.97. The lowest BCUT2D eigenvalue weighted by atomic mass is 10.1. The molecule has 3 aromatic rings. The molecule has 0 bridgehead atoms. The fourth-order valence-electron chi connectivity index (χ4n) is 4.27. The number of aromatic nitrogens is 5. The van der Waals surface area contributed by atoms with Crippen molar-refractivity contribution in [3.05, 3.63) is 58.9 Å². The first-order valence-electron chi connectivity index (χ1n) is 9.63. The quantitative estimate of drug-likeness (QED) is 0.722. The lowest BCUT2D eigenvalue weighted by molar-refractivity contribution is -0.143. The van der Waals surface area contributed by atoms with Crippen LogP contribution in [0, 0.1) is 6.92 Å². The van der Waals surface area contributed by atoms with Gasteiger partial charge in [-0.1, -0.05) is 18.2 Å². The monoisotopic (exact) mass is 392 g/mol. The summed E-state index contributed by atoms with van der Waals surface area (Å²) in [5, 5.41) is 22.5. The molecule has 1 atom stereocenters. The summed E-state index contributed by atoms with van der Waals surface area (Å²) >= 11 is 0. The third-order valence-electron chi connectivity index (χ3n) is 5.74. The van der Waals surface area contributed by atoms with E-state index in [0.717, 1.165) is 36.2 Å². The summed E-state index contributed by atoms with van der Waals surface area (Å²) in [7, 11) is 0. The van der Waals surface area contributed by atoms with Crippen LogP contribution in [0.1, 0.15) is 39.8 Å². The number of aliphatic carboxylic acids is 1. The van der Waals surface area contributed by atoms with Gasteiger partial charge in [-0.25, -0.2) is 9.48 Å². The van der Waals surface area contributed by atoms with Crippen LogP contribution >= 0.6 is 0 Å². The molecule has 1 amide bonds. The Morgan fingerprint density at radius 1 is 1.14 bits per heavy atom.